The van der Waals surface area contributed by atoms with E-state index in [1.54, 1.807) is 31.2 Å². The van der Waals surface area contributed by atoms with E-state index < -0.39 is 12.1 Å². The molecule has 21 heavy (non-hydrogen) atoms. The minimum absolute atomic E-state index is 0.0739. The van der Waals surface area contributed by atoms with Crippen molar-refractivity contribution in [2.75, 3.05) is 0 Å². The number of hydrogen-bond acceptors (Lipinski definition) is 4. The van der Waals surface area contributed by atoms with Gasteiger partial charge in [-0.1, -0.05) is 25.0 Å². The Morgan fingerprint density at radius 1 is 1.29 bits per heavy atom. The molecule has 0 spiro atoms. The topological polar surface area (TPSA) is 75.6 Å². The molecule has 1 aliphatic rings. The fraction of sp³-hybridized carbons (Fsp3) is 0.500. The van der Waals surface area contributed by atoms with Gasteiger partial charge in [-0.25, -0.2) is 4.79 Å². The summed E-state index contributed by atoms with van der Waals surface area (Å²) in [5, 5.41) is 11.9. The third kappa shape index (κ3) is 4.29. The quantitative estimate of drug-likeness (QED) is 0.811. The van der Waals surface area contributed by atoms with Crippen LogP contribution in [0.3, 0.4) is 0 Å². The van der Waals surface area contributed by atoms with Gasteiger partial charge in [0.2, 0.25) is 0 Å². The first-order chi connectivity index (χ1) is 10.1. The average Bonchev–Trinajstić information content (AvgIpc) is 3.00. The molecule has 2 N–H and O–H groups in total. The van der Waals surface area contributed by atoms with Crippen LogP contribution in [0.15, 0.2) is 24.3 Å². The monoisotopic (exact) mass is 291 g/mol. The van der Waals surface area contributed by atoms with Crippen LogP contribution in [0.25, 0.3) is 0 Å². The normalized spacial score (nSPS) is 16.5. The maximum atomic E-state index is 11.9. The summed E-state index contributed by atoms with van der Waals surface area (Å²) in [6.07, 6.45) is 3.45. The third-order valence-electron chi connectivity index (χ3n) is 3.73. The van der Waals surface area contributed by atoms with Crippen LogP contribution in [0.1, 0.15) is 48.5 Å². The molecular weight excluding hydrogens is 270 g/mol. The van der Waals surface area contributed by atoms with E-state index in [0.717, 1.165) is 31.2 Å². The number of aliphatic hydroxyl groups excluding tert-OH is 1. The first-order valence-corrected chi connectivity index (χ1v) is 7.31. The lowest BCUT2D eigenvalue weighted by Crippen LogP contribution is -2.40. The molecule has 0 saturated heterocycles. The number of hydrogen-bond donors (Lipinski definition) is 2. The predicted molar refractivity (Wildman–Crippen MR) is 77.6 cm³/mol. The fourth-order valence-electron chi connectivity index (χ4n) is 2.42. The Morgan fingerprint density at radius 3 is 2.48 bits per heavy atom. The highest BCUT2D eigenvalue weighted by Gasteiger charge is 2.23. The molecule has 1 aromatic rings. The number of ether oxygens (including phenoxy) is 1. The summed E-state index contributed by atoms with van der Waals surface area (Å²) in [4.78, 5) is 23.9. The van der Waals surface area contributed by atoms with E-state index in [1.165, 1.54) is 0 Å². The predicted octanol–water partition coefficient (Wildman–Crippen LogP) is 1.78. The van der Waals surface area contributed by atoms with Crippen molar-refractivity contribution in [2.24, 2.45) is 0 Å². The van der Waals surface area contributed by atoms with E-state index in [1.807, 2.05) is 0 Å². The molecule has 5 nitrogen and oxygen atoms in total. The Kier molecular flexibility index (Phi) is 5.33. The Bertz CT molecular complexity index is 492. The zero-order chi connectivity index (χ0) is 15.2. The molecule has 114 valence electrons. The molecule has 0 aromatic heterocycles. The molecule has 0 radical (unpaired) electrons. The van der Waals surface area contributed by atoms with E-state index in [0.29, 0.717) is 5.56 Å². The van der Waals surface area contributed by atoms with Gasteiger partial charge in [0.15, 0.2) is 6.10 Å². The lowest BCUT2D eigenvalue weighted by molar-refractivity contribution is -0.129. The van der Waals surface area contributed by atoms with Crippen molar-refractivity contribution in [1.29, 1.82) is 0 Å². The largest absolute Gasteiger partial charge is 0.449 e. The van der Waals surface area contributed by atoms with Crippen LogP contribution in [-0.2, 0) is 16.1 Å². The molecule has 5 heteroatoms. The van der Waals surface area contributed by atoms with Gasteiger partial charge in [-0.3, -0.25) is 4.79 Å². The zero-order valence-corrected chi connectivity index (χ0v) is 12.2. The molecule has 0 bridgehead atoms. The summed E-state index contributed by atoms with van der Waals surface area (Å²) in [5.41, 5.74) is 1.09. The summed E-state index contributed by atoms with van der Waals surface area (Å²) in [5.74, 6) is -0.782. The van der Waals surface area contributed by atoms with Crippen LogP contribution < -0.4 is 5.32 Å². The summed E-state index contributed by atoms with van der Waals surface area (Å²) in [6.45, 7) is 1.50. The smallest absolute Gasteiger partial charge is 0.338 e. The summed E-state index contributed by atoms with van der Waals surface area (Å²) in [6, 6.07) is 6.67. The van der Waals surface area contributed by atoms with Crippen LogP contribution in [0.4, 0.5) is 0 Å². The van der Waals surface area contributed by atoms with Gasteiger partial charge in [-0.05, 0) is 37.5 Å². The average molecular weight is 291 g/mol. The van der Waals surface area contributed by atoms with Crippen molar-refractivity contribution in [3.8, 4) is 0 Å². The summed E-state index contributed by atoms with van der Waals surface area (Å²) >= 11 is 0. The van der Waals surface area contributed by atoms with Crippen LogP contribution in [-0.4, -0.2) is 29.1 Å². The number of nitrogens with one attached hydrogen (secondary N) is 1. The van der Waals surface area contributed by atoms with Gasteiger partial charge in [-0.15, -0.1) is 0 Å². The van der Waals surface area contributed by atoms with Crippen LogP contribution in [0.2, 0.25) is 0 Å². The summed E-state index contributed by atoms with van der Waals surface area (Å²) in [7, 11) is 0. The van der Waals surface area contributed by atoms with Gasteiger partial charge in [0.05, 0.1) is 12.2 Å². The molecule has 2 rings (SSSR count). The molecule has 1 saturated carbocycles. The lowest BCUT2D eigenvalue weighted by Gasteiger charge is -2.17. The van der Waals surface area contributed by atoms with Gasteiger partial charge < -0.3 is 15.2 Å². The van der Waals surface area contributed by atoms with Crippen molar-refractivity contribution >= 4 is 11.9 Å². The second-order valence-electron chi connectivity index (χ2n) is 5.39. The highest BCUT2D eigenvalue weighted by atomic mass is 16.5. The number of rotatable bonds is 5. The first-order valence-electron chi connectivity index (χ1n) is 7.31. The molecule has 1 atom stereocenters. The van der Waals surface area contributed by atoms with Crippen molar-refractivity contribution in [3.05, 3.63) is 35.4 Å². The minimum atomic E-state index is -0.810. The number of aliphatic hydroxyl groups is 1. The van der Waals surface area contributed by atoms with Crippen molar-refractivity contribution in [2.45, 2.75) is 51.4 Å². The molecule has 1 unspecified atom stereocenters. The van der Waals surface area contributed by atoms with E-state index in [9.17, 15) is 9.59 Å². The lowest BCUT2D eigenvalue weighted by atomic mass is 10.1. The maximum absolute atomic E-state index is 11.9. The SMILES string of the molecule is CC(OC(=O)c1ccc(CO)cc1)C(=O)NC1CCCC1. The Morgan fingerprint density at radius 2 is 1.90 bits per heavy atom. The van der Waals surface area contributed by atoms with Crippen molar-refractivity contribution in [1.82, 2.24) is 5.32 Å². The number of carbonyl (C=O) groups excluding carboxylic acids is 2. The molecular formula is C16H21NO4. The molecule has 1 fully saturated rings. The van der Waals surface area contributed by atoms with E-state index in [2.05, 4.69) is 5.32 Å². The third-order valence-corrected chi connectivity index (χ3v) is 3.73. The van der Waals surface area contributed by atoms with E-state index in [4.69, 9.17) is 9.84 Å². The maximum Gasteiger partial charge on any atom is 0.338 e. The molecule has 1 amide bonds. The zero-order valence-electron chi connectivity index (χ0n) is 12.2. The Balaban J connectivity index is 1.86. The second kappa shape index (κ2) is 7.22. The van der Waals surface area contributed by atoms with Gasteiger partial charge in [0.1, 0.15) is 0 Å². The number of esters is 1. The molecule has 0 aliphatic heterocycles. The van der Waals surface area contributed by atoms with E-state index in [-0.39, 0.29) is 18.6 Å². The Labute approximate surface area is 124 Å². The van der Waals surface area contributed by atoms with Crippen LogP contribution in [0.5, 0.6) is 0 Å². The minimum Gasteiger partial charge on any atom is -0.449 e. The van der Waals surface area contributed by atoms with Gasteiger partial charge in [0, 0.05) is 6.04 Å². The summed E-state index contributed by atoms with van der Waals surface area (Å²) < 4.78 is 5.17. The van der Waals surface area contributed by atoms with Gasteiger partial charge in [-0.2, -0.15) is 0 Å². The van der Waals surface area contributed by atoms with Gasteiger partial charge >= 0.3 is 5.97 Å². The molecule has 1 aliphatic carbocycles. The fourth-order valence-corrected chi connectivity index (χ4v) is 2.42. The Hall–Kier alpha value is -1.88. The van der Waals surface area contributed by atoms with Crippen molar-refractivity contribution in [3.63, 3.8) is 0 Å². The van der Waals surface area contributed by atoms with E-state index >= 15 is 0 Å². The number of carbonyl (C=O) groups is 2. The van der Waals surface area contributed by atoms with Crippen LogP contribution >= 0.6 is 0 Å². The first kappa shape index (κ1) is 15.5. The highest BCUT2D eigenvalue weighted by molar-refractivity contribution is 5.92. The molecule has 0 heterocycles. The number of benzene rings is 1. The van der Waals surface area contributed by atoms with Crippen molar-refractivity contribution < 1.29 is 19.4 Å². The standard InChI is InChI=1S/C16H21NO4/c1-11(15(19)17-14-4-2-3-5-14)21-16(20)13-8-6-12(10-18)7-9-13/h6-9,11,14,18H,2-5,10H2,1H3,(H,17,19). The van der Waals surface area contributed by atoms with Crippen LogP contribution in [0, 0.1) is 0 Å². The number of amides is 1. The molecule has 1 aromatic carbocycles. The second-order valence-corrected chi connectivity index (χ2v) is 5.39. The van der Waals surface area contributed by atoms with Gasteiger partial charge in [0.25, 0.3) is 5.91 Å². The highest BCUT2D eigenvalue weighted by Crippen LogP contribution is 2.18.